The molecule has 0 aromatic carbocycles. The van der Waals surface area contributed by atoms with Gasteiger partial charge >= 0.3 is 11.4 Å². The summed E-state index contributed by atoms with van der Waals surface area (Å²) in [6.45, 7) is 0. The first-order valence-corrected chi connectivity index (χ1v) is 7.04. The van der Waals surface area contributed by atoms with Crippen molar-refractivity contribution in [3.63, 3.8) is 0 Å². The average molecular weight is 346 g/mol. The highest BCUT2D eigenvalue weighted by Gasteiger charge is 2.08. The molecule has 0 aliphatic carbocycles. The second-order valence-corrected chi connectivity index (χ2v) is 5.27. The number of aromatic amines is 3. The highest BCUT2D eigenvalue weighted by atomic mass is 16.2. The van der Waals surface area contributed by atoms with Crippen LogP contribution in [0.5, 0.6) is 0 Å². The minimum absolute atomic E-state index is 0.295. The first kappa shape index (κ1) is 16.2. The molecular formula is C13H14N8O4. The van der Waals surface area contributed by atoms with Gasteiger partial charge in [0.25, 0.3) is 11.1 Å². The maximum Gasteiger partial charge on any atom is 0.329 e. The molecule has 0 bridgehead atoms. The van der Waals surface area contributed by atoms with Crippen LogP contribution >= 0.6 is 0 Å². The summed E-state index contributed by atoms with van der Waals surface area (Å²) in [5, 5.41) is 0. The Morgan fingerprint density at radius 2 is 1.60 bits per heavy atom. The van der Waals surface area contributed by atoms with E-state index in [2.05, 4.69) is 24.9 Å². The molecule has 4 aromatic heterocycles. The van der Waals surface area contributed by atoms with Crippen LogP contribution in [0.4, 0.5) is 0 Å². The molecule has 0 amide bonds. The zero-order valence-electron chi connectivity index (χ0n) is 13.5. The van der Waals surface area contributed by atoms with Crippen molar-refractivity contribution in [3.05, 3.63) is 54.3 Å². The van der Waals surface area contributed by atoms with Gasteiger partial charge in [-0.05, 0) is 0 Å². The molecule has 12 heteroatoms. The molecule has 0 atom stereocenters. The molecule has 0 saturated carbocycles. The number of aromatic nitrogens is 8. The predicted octanol–water partition coefficient (Wildman–Crippen LogP) is -2.09. The topological polar surface area (TPSA) is 156 Å². The fourth-order valence-electron chi connectivity index (χ4n) is 2.26. The summed E-state index contributed by atoms with van der Waals surface area (Å²) in [5.41, 5.74) is -0.265. The molecule has 0 aliphatic heterocycles. The van der Waals surface area contributed by atoms with Gasteiger partial charge in [0.1, 0.15) is 5.52 Å². The van der Waals surface area contributed by atoms with Crippen LogP contribution in [0.1, 0.15) is 0 Å². The number of H-pyrrole nitrogens is 3. The number of nitrogens with one attached hydrogen (secondary N) is 3. The van der Waals surface area contributed by atoms with Gasteiger partial charge in [-0.3, -0.25) is 28.7 Å². The molecule has 4 aromatic rings. The van der Waals surface area contributed by atoms with Crippen LogP contribution < -0.4 is 22.5 Å². The lowest BCUT2D eigenvalue weighted by Crippen LogP contribution is -2.32. The second kappa shape index (κ2) is 5.74. The molecule has 0 saturated heterocycles. The SMILES string of the molecule is Cn1c(=O)[nH]c2nc[nH]c2c1=O.Cn1cnc2c1c(=O)[nH]c(=O)n2C. The summed E-state index contributed by atoms with van der Waals surface area (Å²) in [6.07, 6.45) is 2.86. The Morgan fingerprint density at radius 3 is 2.32 bits per heavy atom. The molecule has 4 rings (SSSR count). The number of aryl methyl sites for hydroxylation is 2. The number of nitrogens with zero attached hydrogens (tertiary/aromatic N) is 5. The lowest BCUT2D eigenvalue weighted by atomic mass is 10.5. The predicted molar refractivity (Wildman–Crippen MR) is 88.5 cm³/mol. The molecule has 0 unspecified atom stereocenters. The van der Waals surface area contributed by atoms with E-state index in [4.69, 9.17) is 0 Å². The van der Waals surface area contributed by atoms with Gasteiger partial charge in [0, 0.05) is 21.1 Å². The summed E-state index contributed by atoms with van der Waals surface area (Å²) >= 11 is 0. The van der Waals surface area contributed by atoms with Crippen molar-refractivity contribution in [3.8, 4) is 0 Å². The van der Waals surface area contributed by atoms with Crippen molar-refractivity contribution >= 4 is 22.3 Å². The summed E-state index contributed by atoms with van der Waals surface area (Å²) in [7, 11) is 4.67. The molecular weight excluding hydrogens is 332 g/mol. The summed E-state index contributed by atoms with van der Waals surface area (Å²) in [5.74, 6) is 0. The average Bonchev–Trinajstić information content (AvgIpc) is 3.18. The van der Waals surface area contributed by atoms with Crippen LogP contribution in [0.25, 0.3) is 22.3 Å². The van der Waals surface area contributed by atoms with Crippen molar-refractivity contribution < 1.29 is 0 Å². The fourth-order valence-corrected chi connectivity index (χ4v) is 2.26. The third-order valence-corrected chi connectivity index (χ3v) is 3.66. The Kier molecular flexibility index (Phi) is 3.71. The maximum atomic E-state index is 11.3. The molecule has 0 fully saturated rings. The monoisotopic (exact) mass is 346 g/mol. The van der Waals surface area contributed by atoms with Crippen molar-refractivity contribution in [1.82, 2.24) is 38.6 Å². The van der Waals surface area contributed by atoms with Gasteiger partial charge < -0.3 is 9.55 Å². The van der Waals surface area contributed by atoms with E-state index >= 15 is 0 Å². The zero-order chi connectivity index (χ0) is 18.3. The van der Waals surface area contributed by atoms with Gasteiger partial charge in [0.2, 0.25) is 0 Å². The van der Waals surface area contributed by atoms with Gasteiger partial charge in [-0.25, -0.2) is 19.6 Å². The lowest BCUT2D eigenvalue weighted by molar-refractivity contribution is 0.790. The lowest BCUT2D eigenvalue weighted by Gasteiger charge is -1.97. The smallest absolute Gasteiger partial charge is 0.329 e. The fraction of sp³-hybridized carbons (Fsp3) is 0.231. The normalized spacial score (nSPS) is 10.8. The van der Waals surface area contributed by atoms with Crippen molar-refractivity contribution in [2.24, 2.45) is 21.1 Å². The van der Waals surface area contributed by atoms with Crippen LogP contribution in [0.15, 0.2) is 31.8 Å². The largest absolute Gasteiger partial charge is 0.339 e. The van der Waals surface area contributed by atoms with E-state index in [0.717, 1.165) is 4.57 Å². The minimum Gasteiger partial charge on any atom is -0.339 e. The van der Waals surface area contributed by atoms with Gasteiger partial charge in [-0.1, -0.05) is 0 Å². The molecule has 0 spiro atoms. The van der Waals surface area contributed by atoms with Gasteiger partial charge in [-0.2, -0.15) is 0 Å². The minimum atomic E-state index is -0.459. The first-order chi connectivity index (χ1) is 11.8. The van der Waals surface area contributed by atoms with E-state index < -0.39 is 16.9 Å². The number of fused-ring (bicyclic) bond motifs is 2. The van der Waals surface area contributed by atoms with E-state index in [1.807, 2.05) is 0 Å². The van der Waals surface area contributed by atoms with Crippen LogP contribution in [0.2, 0.25) is 0 Å². The van der Waals surface area contributed by atoms with Crippen molar-refractivity contribution in [2.45, 2.75) is 0 Å². The maximum absolute atomic E-state index is 11.3. The molecule has 12 nitrogen and oxygen atoms in total. The number of hydrogen-bond donors (Lipinski definition) is 3. The summed E-state index contributed by atoms with van der Waals surface area (Å²) in [4.78, 5) is 59.7. The first-order valence-electron chi connectivity index (χ1n) is 7.04. The Balaban J connectivity index is 0.000000146. The van der Waals surface area contributed by atoms with E-state index in [0.29, 0.717) is 22.3 Å². The van der Waals surface area contributed by atoms with Crippen molar-refractivity contribution in [2.75, 3.05) is 0 Å². The van der Waals surface area contributed by atoms with Crippen LogP contribution in [0.3, 0.4) is 0 Å². The zero-order valence-corrected chi connectivity index (χ0v) is 13.5. The van der Waals surface area contributed by atoms with Crippen molar-refractivity contribution in [1.29, 1.82) is 0 Å². The Hall–Kier alpha value is -3.70. The van der Waals surface area contributed by atoms with Crippen LogP contribution in [-0.2, 0) is 21.1 Å². The Bertz CT molecular complexity index is 1310. The quantitative estimate of drug-likeness (QED) is 0.331. The molecule has 3 N–H and O–H groups in total. The highest BCUT2D eigenvalue weighted by Crippen LogP contribution is 2.00. The second-order valence-electron chi connectivity index (χ2n) is 5.27. The number of hydrogen-bond acceptors (Lipinski definition) is 6. The Labute approximate surface area is 137 Å². The number of imidazole rings is 2. The van der Waals surface area contributed by atoms with Crippen LogP contribution in [-0.4, -0.2) is 38.6 Å². The third-order valence-electron chi connectivity index (χ3n) is 3.66. The standard InChI is InChI=1S/C7H8N4O2.C6H6N4O2/c1-10-3-8-5-4(10)6(12)9-7(13)11(5)2;1-10-5(11)3-4(8-2-7-3)9-6(10)12/h3H,1-2H3,(H,9,12,13);2H,1H3,(H,7,8)(H,9,12). The molecule has 130 valence electrons. The molecule has 4 heterocycles. The summed E-state index contributed by atoms with van der Waals surface area (Å²) in [6, 6.07) is 0. The highest BCUT2D eigenvalue weighted by molar-refractivity contribution is 5.69. The van der Waals surface area contributed by atoms with Gasteiger partial charge in [0.05, 0.1) is 12.7 Å². The van der Waals surface area contributed by atoms with E-state index in [9.17, 15) is 19.2 Å². The van der Waals surface area contributed by atoms with Crippen LogP contribution in [0, 0.1) is 0 Å². The van der Waals surface area contributed by atoms with Gasteiger partial charge in [-0.15, -0.1) is 0 Å². The Morgan fingerprint density at radius 1 is 0.920 bits per heavy atom. The number of rotatable bonds is 0. The van der Waals surface area contributed by atoms with E-state index in [1.54, 1.807) is 18.7 Å². The molecule has 0 aliphatic rings. The van der Waals surface area contributed by atoms with Gasteiger partial charge in [0.15, 0.2) is 16.8 Å². The van der Waals surface area contributed by atoms with E-state index in [-0.39, 0.29) is 5.56 Å². The van der Waals surface area contributed by atoms with E-state index in [1.165, 1.54) is 24.3 Å². The summed E-state index contributed by atoms with van der Waals surface area (Å²) < 4.78 is 3.87. The molecule has 25 heavy (non-hydrogen) atoms. The third kappa shape index (κ3) is 2.58. The molecule has 0 radical (unpaired) electrons.